The van der Waals surface area contributed by atoms with Gasteiger partial charge in [-0.3, -0.25) is 0 Å². The van der Waals surface area contributed by atoms with Crippen LogP contribution in [0, 0.1) is 5.82 Å². The van der Waals surface area contributed by atoms with Crippen LogP contribution >= 0.6 is 0 Å². The maximum Gasteiger partial charge on any atom is 0.133 e. The molecule has 21 heavy (non-hydrogen) atoms. The molecule has 1 N–H and O–H groups in total. The van der Waals surface area contributed by atoms with E-state index in [4.69, 9.17) is 4.98 Å². The van der Waals surface area contributed by atoms with Crippen LogP contribution in [0.5, 0.6) is 0 Å². The maximum atomic E-state index is 13.3. The third kappa shape index (κ3) is 3.10. The van der Waals surface area contributed by atoms with Crippen LogP contribution in [-0.4, -0.2) is 16.5 Å². The Balaban J connectivity index is 1.97. The van der Waals surface area contributed by atoms with Crippen molar-refractivity contribution < 1.29 is 4.39 Å². The van der Waals surface area contributed by atoms with Crippen LogP contribution in [-0.2, 0) is 19.4 Å². The first-order chi connectivity index (χ1) is 10.1. The molecule has 2 heterocycles. The van der Waals surface area contributed by atoms with Gasteiger partial charge in [0, 0.05) is 13.0 Å². The van der Waals surface area contributed by atoms with Crippen LogP contribution in [0.1, 0.15) is 48.1 Å². The van der Waals surface area contributed by atoms with Crippen molar-refractivity contribution in [2.45, 2.75) is 39.2 Å². The molecule has 0 aliphatic carbocycles. The average Bonchev–Trinajstić information content (AvgIpc) is 2.46. The number of rotatable bonds is 3. The summed E-state index contributed by atoms with van der Waals surface area (Å²) in [4.78, 5) is 9.43. The van der Waals surface area contributed by atoms with Crippen molar-refractivity contribution >= 4 is 0 Å². The molecule has 0 saturated heterocycles. The Morgan fingerprint density at radius 2 is 2.14 bits per heavy atom. The van der Waals surface area contributed by atoms with Crippen LogP contribution < -0.4 is 5.32 Å². The minimum Gasteiger partial charge on any atom is -0.311 e. The smallest absolute Gasteiger partial charge is 0.133 e. The Morgan fingerprint density at radius 1 is 1.29 bits per heavy atom. The molecule has 1 aromatic carbocycles. The number of hydrogen-bond acceptors (Lipinski definition) is 3. The lowest BCUT2D eigenvalue weighted by Crippen LogP contribution is -2.27. The summed E-state index contributed by atoms with van der Waals surface area (Å²) in [7, 11) is 0. The summed E-state index contributed by atoms with van der Waals surface area (Å²) in [5.74, 6) is 0.953. The number of nitrogens with zero attached hydrogens (tertiary/aromatic N) is 2. The van der Waals surface area contributed by atoms with E-state index in [1.165, 1.54) is 11.6 Å². The molecule has 110 valence electrons. The fourth-order valence-corrected chi connectivity index (χ4v) is 2.83. The lowest BCUT2D eigenvalue weighted by molar-refractivity contribution is 0.600. The van der Waals surface area contributed by atoms with E-state index < -0.39 is 0 Å². The number of halogens is 1. The molecule has 2 aromatic rings. The molecule has 0 spiro atoms. The van der Waals surface area contributed by atoms with Gasteiger partial charge < -0.3 is 5.32 Å². The highest BCUT2D eigenvalue weighted by atomic mass is 19.1. The average molecular weight is 285 g/mol. The lowest BCUT2D eigenvalue weighted by atomic mass is 9.97. The monoisotopic (exact) mass is 285 g/mol. The summed E-state index contributed by atoms with van der Waals surface area (Å²) < 4.78 is 13.3. The fraction of sp³-hybridized carbons (Fsp3) is 0.412. The third-order valence-electron chi connectivity index (χ3n) is 3.81. The molecule has 1 aromatic heterocycles. The van der Waals surface area contributed by atoms with Gasteiger partial charge in [0.2, 0.25) is 0 Å². The molecule has 3 rings (SSSR count). The summed E-state index contributed by atoms with van der Waals surface area (Å²) in [6.45, 7) is 6.11. The van der Waals surface area contributed by atoms with Gasteiger partial charge in [-0.1, -0.05) is 26.0 Å². The van der Waals surface area contributed by atoms with E-state index in [9.17, 15) is 4.39 Å². The Hall–Kier alpha value is -1.81. The molecule has 0 atom stereocenters. The van der Waals surface area contributed by atoms with E-state index in [0.29, 0.717) is 12.3 Å². The van der Waals surface area contributed by atoms with Crippen molar-refractivity contribution in [3.63, 3.8) is 0 Å². The van der Waals surface area contributed by atoms with Gasteiger partial charge in [0.1, 0.15) is 11.6 Å². The molecule has 1 aliphatic rings. The molecule has 3 nitrogen and oxygen atoms in total. The first kappa shape index (κ1) is 14.1. The quantitative estimate of drug-likeness (QED) is 0.942. The topological polar surface area (TPSA) is 37.8 Å². The fourth-order valence-electron chi connectivity index (χ4n) is 2.83. The molecule has 0 bridgehead atoms. The predicted octanol–water partition coefficient (Wildman–Crippen LogP) is 2.98. The zero-order valence-electron chi connectivity index (χ0n) is 12.5. The second-order valence-electron chi connectivity index (χ2n) is 5.84. The van der Waals surface area contributed by atoms with Crippen LogP contribution in [0.15, 0.2) is 24.3 Å². The van der Waals surface area contributed by atoms with Crippen LogP contribution in [0.25, 0.3) is 0 Å². The van der Waals surface area contributed by atoms with E-state index in [1.807, 2.05) is 6.07 Å². The number of nitrogens with one attached hydrogen (secondary N) is 1. The van der Waals surface area contributed by atoms with Gasteiger partial charge in [0.25, 0.3) is 0 Å². The summed E-state index contributed by atoms with van der Waals surface area (Å²) in [5.41, 5.74) is 4.46. The van der Waals surface area contributed by atoms with Crippen LogP contribution in [0.4, 0.5) is 4.39 Å². The molecule has 4 heteroatoms. The molecule has 0 unspecified atom stereocenters. The SMILES string of the molecule is CC(C)c1nc(Cc2cccc(F)c2)nc2c1CCNC2. The zero-order chi connectivity index (χ0) is 14.8. The number of benzene rings is 1. The second-order valence-corrected chi connectivity index (χ2v) is 5.84. The summed E-state index contributed by atoms with van der Waals surface area (Å²) >= 11 is 0. The zero-order valence-corrected chi connectivity index (χ0v) is 12.5. The Morgan fingerprint density at radius 3 is 2.90 bits per heavy atom. The van der Waals surface area contributed by atoms with Crippen LogP contribution in [0.2, 0.25) is 0 Å². The Bertz CT molecular complexity index is 652. The van der Waals surface area contributed by atoms with Crippen molar-refractivity contribution in [2.75, 3.05) is 6.54 Å². The first-order valence-corrected chi connectivity index (χ1v) is 7.47. The van der Waals surface area contributed by atoms with Gasteiger partial charge >= 0.3 is 0 Å². The Labute approximate surface area is 124 Å². The number of aromatic nitrogens is 2. The molecule has 0 fully saturated rings. The number of fused-ring (bicyclic) bond motifs is 1. The van der Waals surface area contributed by atoms with E-state index in [0.717, 1.165) is 42.3 Å². The lowest BCUT2D eigenvalue weighted by Gasteiger charge is -2.21. The van der Waals surface area contributed by atoms with Gasteiger partial charge in [0.15, 0.2) is 0 Å². The summed E-state index contributed by atoms with van der Waals surface area (Å²) in [6.07, 6.45) is 1.56. The highest BCUT2D eigenvalue weighted by Crippen LogP contribution is 2.23. The van der Waals surface area contributed by atoms with Gasteiger partial charge in [-0.05, 0) is 42.1 Å². The maximum absolute atomic E-state index is 13.3. The number of hydrogen-bond donors (Lipinski definition) is 1. The van der Waals surface area contributed by atoms with E-state index >= 15 is 0 Å². The Kier molecular flexibility index (Phi) is 3.97. The highest BCUT2D eigenvalue weighted by molar-refractivity contribution is 5.31. The van der Waals surface area contributed by atoms with Crippen LogP contribution in [0.3, 0.4) is 0 Å². The molecular weight excluding hydrogens is 265 g/mol. The van der Waals surface area contributed by atoms with E-state index in [-0.39, 0.29) is 5.82 Å². The molecule has 1 aliphatic heterocycles. The third-order valence-corrected chi connectivity index (χ3v) is 3.81. The normalized spacial score (nSPS) is 14.3. The molecule has 0 radical (unpaired) electrons. The second kappa shape index (κ2) is 5.90. The van der Waals surface area contributed by atoms with Crippen molar-refractivity contribution in [1.82, 2.24) is 15.3 Å². The minimum absolute atomic E-state index is 0.212. The predicted molar refractivity (Wildman–Crippen MR) is 80.7 cm³/mol. The minimum atomic E-state index is -0.212. The largest absolute Gasteiger partial charge is 0.311 e. The van der Waals surface area contributed by atoms with Gasteiger partial charge in [-0.2, -0.15) is 0 Å². The van der Waals surface area contributed by atoms with Gasteiger partial charge in [-0.25, -0.2) is 14.4 Å². The molecule has 0 amide bonds. The molecular formula is C17H20FN3. The standard InChI is InChI=1S/C17H20FN3/c1-11(2)17-14-6-7-19-10-15(14)20-16(21-17)9-12-4-3-5-13(18)8-12/h3-5,8,11,19H,6-7,9-10H2,1-2H3. The highest BCUT2D eigenvalue weighted by Gasteiger charge is 2.19. The van der Waals surface area contributed by atoms with E-state index in [2.05, 4.69) is 24.1 Å². The van der Waals surface area contributed by atoms with Crippen molar-refractivity contribution in [2.24, 2.45) is 0 Å². The van der Waals surface area contributed by atoms with E-state index in [1.54, 1.807) is 12.1 Å². The summed E-state index contributed by atoms with van der Waals surface area (Å²) in [6, 6.07) is 6.66. The van der Waals surface area contributed by atoms with Crippen molar-refractivity contribution in [3.8, 4) is 0 Å². The molecule has 0 saturated carbocycles. The van der Waals surface area contributed by atoms with Gasteiger partial charge in [-0.15, -0.1) is 0 Å². The van der Waals surface area contributed by atoms with Crippen molar-refractivity contribution in [1.29, 1.82) is 0 Å². The van der Waals surface area contributed by atoms with Gasteiger partial charge in [0.05, 0.1) is 11.4 Å². The summed E-state index contributed by atoms with van der Waals surface area (Å²) in [5, 5.41) is 3.36. The first-order valence-electron chi connectivity index (χ1n) is 7.47. The van der Waals surface area contributed by atoms with Crippen molar-refractivity contribution in [3.05, 3.63) is 58.4 Å².